The van der Waals surface area contributed by atoms with Crippen LogP contribution in [0.15, 0.2) is 63.9 Å². The van der Waals surface area contributed by atoms with Crippen LogP contribution in [0.3, 0.4) is 0 Å². The number of ether oxygens (including phenoxy) is 2. The van der Waals surface area contributed by atoms with Crippen LogP contribution in [0.5, 0.6) is 5.75 Å². The molecule has 1 atom stereocenters. The summed E-state index contributed by atoms with van der Waals surface area (Å²) in [5, 5.41) is 0.557. The standard InChI is InChI=1S/C28H28F6O4S/c1-4-5-6-7-18-8-11-22(25(12-18)38-28(32,33)34)24-13-19-9-10-21(14-23(19)37-24)39-16-20(27(29,30)31)15-36-26(35)17(2)3/h8-14,20H,2,4-7,15-16H2,1,3H3. The first kappa shape index (κ1) is 30.5. The van der Waals surface area contributed by atoms with Gasteiger partial charge in [-0.25, -0.2) is 4.79 Å². The van der Waals surface area contributed by atoms with E-state index in [-0.39, 0.29) is 28.2 Å². The molecule has 0 amide bonds. The van der Waals surface area contributed by atoms with Gasteiger partial charge in [0, 0.05) is 21.6 Å². The zero-order valence-corrected chi connectivity index (χ0v) is 22.2. The Kier molecular flexibility index (Phi) is 10.0. The second kappa shape index (κ2) is 12.8. The van der Waals surface area contributed by atoms with Crippen molar-refractivity contribution in [2.45, 2.75) is 57.0 Å². The van der Waals surface area contributed by atoms with Gasteiger partial charge < -0.3 is 13.9 Å². The molecule has 3 rings (SSSR count). The number of benzene rings is 2. The molecule has 212 valence electrons. The minimum absolute atomic E-state index is 0.00224. The summed E-state index contributed by atoms with van der Waals surface area (Å²) in [6.07, 6.45) is -6.14. The molecule has 1 unspecified atom stereocenters. The van der Waals surface area contributed by atoms with E-state index >= 15 is 0 Å². The molecular formula is C28H28F6O4S. The number of hydrogen-bond donors (Lipinski definition) is 0. The van der Waals surface area contributed by atoms with Crippen molar-refractivity contribution in [3.05, 3.63) is 60.2 Å². The normalized spacial score (nSPS) is 12.9. The van der Waals surface area contributed by atoms with Crippen LogP contribution < -0.4 is 4.74 Å². The number of halogens is 6. The number of fused-ring (bicyclic) bond motifs is 1. The van der Waals surface area contributed by atoms with Crippen LogP contribution in [0.2, 0.25) is 0 Å². The Morgan fingerprint density at radius 3 is 2.44 bits per heavy atom. The molecule has 1 aromatic heterocycles. The first-order valence-corrected chi connectivity index (χ1v) is 13.2. The number of unbranched alkanes of at least 4 members (excludes halogenated alkanes) is 2. The lowest BCUT2D eigenvalue weighted by molar-refractivity contribution is -0.274. The first-order chi connectivity index (χ1) is 18.3. The van der Waals surface area contributed by atoms with Crippen molar-refractivity contribution in [2.75, 3.05) is 12.4 Å². The van der Waals surface area contributed by atoms with Crippen LogP contribution in [0, 0.1) is 5.92 Å². The van der Waals surface area contributed by atoms with Crippen LogP contribution in [0.4, 0.5) is 26.3 Å². The van der Waals surface area contributed by atoms with Crippen molar-refractivity contribution in [3.63, 3.8) is 0 Å². The molecule has 1 heterocycles. The van der Waals surface area contributed by atoms with E-state index in [1.54, 1.807) is 24.3 Å². The molecule has 3 aromatic rings. The summed E-state index contributed by atoms with van der Waals surface area (Å²) in [6, 6.07) is 10.8. The number of furan rings is 1. The van der Waals surface area contributed by atoms with Crippen LogP contribution >= 0.6 is 11.8 Å². The number of carbonyl (C=O) groups is 1. The van der Waals surface area contributed by atoms with Crippen LogP contribution in [0.25, 0.3) is 22.3 Å². The third-order valence-corrected chi connectivity index (χ3v) is 6.93. The SMILES string of the molecule is C=C(C)C(=O)OCC(CSc1ccc2cc(-c3ccc(CCCCC)cc3OC(F)(F)F)oc2c1)C(F)(F)F. The Bertz CT molecular complexity index is 1300. The predicted octanol–water partition coefficient (Wildman–Crippen LogP) is 9.12. The Morgan fingerprint density at radius 1 is 1.05 bits per heavy atom. The lowest BCUT2D eigenvalue weighted by Crippen LogP contribution is -2.30. The quantitative estimate of drug-likeness (QED) is 0.0710. The molecule has 0 bridgehead atoms. The predicted molar refractivity (Wildman–Crippen MR) is 138 cm³/mol. The van der Waals surface area contributed by atoms with Gasteiger partial charge in [-0.15, -0.1) is 24.9 Å². The lowest BCUT2D eigenvalue weighted by Gasteiger charge is -2.19. The van der Waals surface area contributed by atoms with Crippen LogP contribution in [-0.2, 0) is 16.0 Å². The van der Waals surface area contributed by atoms with Crippen molar-refractivity contribution >= 4 is 28.7 Å². The van der Waals surface area contributed by atoms with Gasteiger partial charge in [-0.1, -0.05) is 32.4 Å². The van der Waals surface area contributed by atoms with Gasteiger partial charge in [-0.05, 0) is 61.7 Å². The van der Waals surface area contributed by atoms with E-state index in [1.807, 2.05) is 6.92 Å². The highest BCUT2D eigenvalue weighted by molar-refractivity contribution is 7.99. The number of esters is 1. The summed E-state index contributed by atoms with van der Waals surface area (Å²) in [5.41, 5.74) is 1.10. The molecule has 0 fully saturated rings. The second-order valence-corrected chi connectivity index (χ2v) is 10.2. The average molecular weight is 575 g/mol. The van der Waals surface area contributed by atoms with Gasteiger partial charge in [-0.3, -0.25) is 0 Å². The Balaban J connectivity index is 1.82. The topological polar surface area (TPSA) is 48.7 Å². The molecule has 0 spiro atoms. The van der Waals surface area contributed by atoms with Gasteiger partial charge in [0.25, 0.3) is 0 Å². The average Bonchev–Trinajstić information content (AvgIpc) is 3.25. The van der Waals surface area contributed by atoms with E-state index in [4.69, 9.17) is 9.15 Å². The Morgan fingerprint density at radius 2 is 1.79 bits per heavy atom. The number of hydrogen-bond acceptors (Lipinski definition) is 5. The van der Waals surface area contributed by atoms with E-state index in [9.17, 15) is 31.1 Å². The molecule has 0 aliphatic heterocycles. The number of carbonyl (C=O) groups excluding carboxylic acids is 1. The third-order valence-electron chi connectivity index (χ3n) is 5.78. The lowest BCUT2D eigenvalue weighted by atomic mass is 10.0. The van der Waals surface area contributed by atoms with Gasteiger partial charge in [0.1, 0.15) is 23.7 Å². The molecule has 0 saturated heterocycles. The summed E-state index contributed by atoms with van der Waals surface area (Å²) in [7, 11) is 0. The zero-order chi connectivity index (χ0) is 28.8. The minimum Gasteiger partial charge on any atom is -0.462 e. The zero-order valence-electron chi connectivity index (χ0n) is 21.4. The van der Waals surface area contributed by atoms with Crippen molar-refractivity contribution in [2.24, 2.45) is 5.92 Å². The van der Waals surface area contributed by atoms with Gasteiger partial charge in [0.2, 0.25) is 0 Å². The van der Waals surface area contributed by atoms with Crippen molar-refractivity contribution in [3.8, 4) is 17.1 Å². The summed E-state index contributed by atoms with van der Waals surface area (Å²) in [4.78, 5) is 12.0. The summed E-state index contributed by atoms with van der Waals surface area (Å²) < 4.78 is 94.6. The fourth-order valence-electron chi connectivity index (χ4n) is 3.68. The van der Waals surface area contributed by atoms with Gasteiger partial charge >= 0.3 is 18.5 Å². The number of aryl methyl sites for hydroxylation is 1. The third kappa shape index (κ3) is 8.98. The van der Waals surface area contributed by atoms with E-state index in [2.05, 4.69) is 11.3 Å². The van der Waals surface area contributed by atoms with E-state index in [0.717, 1.165) is 31.0 Å². The van der Waals surface area contributed by atoms with Crippen molar-refractivity contribution < 1.29 is 45.0 Å². The maximum Gasteiger partial charge on any atom is 0.573 e. The van der Waals surface area contributed by atoms with E-state index < -0.39 is 36.8 Å². The van der Waals surface area contributed by atoms with E-state index in [0.29, 0.717) is 22.3 Å². The largest absolute Gasteiger partial charge is 0.573 e. The Labute approximate surface area is 226 Å². The maximum atomic E-state index is 13.5. The molecule has 0 saturated carbocycles. The summed E-state index contributed by atoms with van der Waals surface area (Å²) >= 11 is 0.891. The van der Waals surface area contributed by atoms with Gasteiger partial charge in [0.05, 0.1) is 11.5 Å². The monoisotopic (exact) mass is 574 g/mol. The molecule has 0 N–H and O–H groups in total. The second-order valence-electron chi connectivity index (χ2n) is 9.07. The van der Waals surface area contributed by atoms with Gasteiger partial charge in [0.15, 0.2) is 0 Å². The molecular weight excluding hydrogens is 546 g/mol. The Hall–Kier alpha value is -3.08. The first-order valence-electron chi connectivity index (χ1n) is 12.2. The van der Waals surface area contributed by atoms with Crippen LogP contribution in [0.1, 0.15) is 38.7 Å². The molecule has 0 aliphatic carbocycles. The fraction of sp³-hybridized carbons (Fsp3) is 0.393. The van der Waals surface area contributed by atoms with Gasteiger partial charge in [-0.2, -0.15) is 13.2 Å². The minimum atomic E-state index is -4.90. The molecule has 2 aromatic carbocycles. The molecule has 0 aliphatic rings. The smallest absolute Gasteiger partial charge is 0.462 e. The number of rotatable bonds is 12. The summed E-state index contributed by atoms with van der Waals surface area (Å²) in [6.45, 7) is 5.88. The van der Waals surface area contributed by atoms with Crippen LogP contribution in [-0.4, -0.2) is 30.9 Å². The number of alkyl halides is 6. The molecule has 4 nitrogen and oxygen atoms in total. The maximum absolute atomic E-state index is 13.5. The van der Waals surface area contributed by atoms with Crippen molar-refractivity contribution in [1.29, 1.82) is 0 Å². The number of thioether (sulfide) groups is 1. The van der Waals surface area contributed by atoms with E-state index in [1.165, 1.54) is 25.1 Å². The fourth-order valence-corrected chi connectivity index (χ4v) is 4.71. The highest BCUT2D eigenvalue weighted by Crippen LogP contribution is 2.39. The molecule has 11 heteroatoms. The highest BCUT2D eigenvalue weighted by Gasteiger charge is 2.40. The van der Waals surface area contributed by atoms with Crippen molar-refractivity contribution in [1.82, 2.24) is 0 Å². The molecule has 39 heavy (non-hydrogen) atoms. The molecule has 0 radical (unpaired) electrons. The highest BCUT2D eigenvalue weighted by atomic mass is 32.2. The summed E-state index contributed by atoms with van der Waals surface area (Å²) in [5.74, 6) is -3.49.